The first kappa shape index (κ1) is 6.60. The molecule has 1 aromatic heterocycles. The van der Waals surface area contributed by atoms with Gasteiger partial charge in [-0.15, -0.1) is 0 Å². The van der Waals surface area contributed by atoms with Gasteiger partial charge in [-0.2, -0.15) is 4.99 Å². The van der Waals surface area contributed by atoms with Crippen molar-refractivity contribution in [3.05, 3.63) is 36.2 Å². The fourth-order valence-electron chi connectivity index (χ4n) is 1.65. The van der Waals surface area contributed by atoms with Crippen LogP contribution in [0.25, 0.3) is 10.8 Å². The number of carbonyl (C=O) groups excluding carboxylic acids is 1. The third-order valence-electron chi connectivity index (χ3n) is 2.27. The molecule has 1 aliphatic heterocycles. The van der Waals surface area contributed by atoms with Crippen LogP contribution in [0.1, 0.15) is 5.69 Å². The number of rotatable bonds is 0. The van der Waals surface area contributed by atoms with Crippen molar-refractivity contribution in [2.24, 2.45) is 4.99 Å². The van der Waals surface area contributed by atoms with Gasteiger partial charge in [0.2, 0.25) is 0 Å². The number of hydrogen-bond acceptors (Lipinski definition) is 1. The van der Waals surface area contributed by atoms with Crippen LogP contribution in [-0.2, 0) is 0 Å². The molecular formula is C10H6N2O. The number of carbonyl (C=O) groups is 1. The summed E-state index contributed by atoms with van der Waals surface area (Å²) in [5, 5.41) is 2.16. The SMILES string of the molecule is O=C1N=Cc2c3ccccc3cn21. The van der Waals surface area contributed by atoms with Gasteiger partial charge < -0.3 is 0 Å². The Morgan fingerprint density at radius 2 is 2.08 bits per heavy atom. The highest BCUT2D eigenvalue weighted by molar-refractivity contribution is 6.10. The lowest BCUT2D eigenvalue weighted by Crippen LogP contribution is -1.99. The monoisotopic (exact) mass is 170 g/mol. The first-order valence-corrected chi connectivity index (χ1v) is 4.05. The van der Waals surface area contributed by atoms with E-state index in [1.807, 2.05) is 30.5 Å². The van der Waals surface area contributed by atoms with Gasteiger partial charge in [0.05, 0.1) is 11.9 Å². The molecule has 3 heteroatoms. The molecule has 0 atom stereocenters. The Bertz CT molecular complexity index is 537. The maximum absolute atomic E-state index is 11.2. The highest BCUT2D eigenvalue weighted by Gasteiger charge is 2.16. The maximum atomic E-state index is 11.2. The fourth-order valence-corrected chi connectivity index (χ4v) is 1.65. The smallest absolute Gasteiger partial charge is 0.265 e. The van der Waals surface area contributed by atoms with Crippen molar-refractivity contribution in [1.82, 2.24) is 4.57 Å². The molecule has 0 N–H and O–H groups in total. The number of hydrogen-bond donors (Lipinski definition) is 0. The van der Waals surface area contributed by atoms with Crippen molar-refractivity contribution in [1.29, 1.82) is 0 Å². The summed E-state index contributed by atoms with van der Waals surface area (Å²) in [5.74, 6) is 0. The Labute approximate surface area is 74.3 Å². The topological polar surface area (TPSA) is 34.4 Å². The minimum Gasteiger partial charge on any atom is -0.265 e. The molecule has 0 unspecified atom stereocenters. The fraction of sp³-hybridized carbons (Fsp3) is 0. The van der Waals surface area contributed by atoms with Crippen LogP contribution in [-0.4, -0.2) is 16.8 Å². The number of nitrogens with zero attached hydrogens (tertiary/aromatic N) is 2. The Kier molecular flexibility index (Phi) is 1.05. The molecule has 13 heavy (non-hydrogen) atoms. The van der Waals surface area contributed by atoms with Gasteiger partial charge in [-0.1, -0.05) is 24.3 Å². The van der Waals surface area contributed by atoms with Crippen molar-refractivity contribution in [2.75, 3.05) is 0 Å². The minimum absolute atomic E-state index is 0.203. The lowest BCUT2D eigenvalue weighted by atomic mass is 10.2. The summed E-state index contributed by atoms with van der Waals surface area (Å²) in [4.78, 5) is 14.9. The van der Waals surface area contributed by atoms with E-state index in [4.69, 9.17) is 0 Å². The average molecular weight is 170 g/mol. The van der Waals surface area contributed by atoms with E-state index in [9.17, 15) is 4.79 Å². The zero-order valence-electron chi connectivity index (χ0n) is 6.77. The van der Waals surface area contributed by atoms with Gasteiger partial charge >= 0.3 is 6.03 Å². The van der Waals surface area contributed by atoms with Crippen LogP contribution in [0.5, 0.6) is 0 Å². The van der Waals surface area contributed by atoms with E-state index in [0.29, 0.717) is 0 Å². The van der Waals surface area contributed by atoms with E-state index in [1.54, 1.807) is 10.8 Å². The average Bonchev–Trinajstić information content (AvgIpc) is 2.67. The molecule has 0 saturated heterocycles. The molecule has 0 fully saturated rings. The molecule has 2 heterocycles. The summed E-state index contributed by atoms with van der Waals surface area (Å²) < 4.78 is 1.57. The number of fused-ring (bicyclic) bond motifs is 3. The number of amides is 1. The highest BCUT2D eigenvalue weighted by atomic mass is 16.2. The maximum Gasteiger partial charge on any atom is 0.352 e. The van der Waals surface area contributed by atoms with Crippen LogP contribution in [0.4, 0.5) is 4.79 Å². The molecular weight excluding hydrogens is 164 g/mol. The summed E-state index contributed by atoms with van der Waals surface area (Å²) in [6, 6.07) is 7.69. The van der Waals surface area contributed by atoms with E-state index in [0.717, 1.165) is 16.5 Å². The van der Waals surface area contributed by atoms with Crippen LogP contribution in [0.15, 0.2) is 35.5 Å². The summed E-state index contributed by atoms with van der Waals surface area (Å²) in [7, 11) is 0. The molecule has 3 nitrogen and oxygen atoms in total. The first-order valence-electron chi connectivity index (χ1n) is 4.05. The van der Waals surface area contributed by atoms with E-state index in [2.05, 4.69) is 4.99 Å². The van der Waals surface area contributed by atoms with Crippen LogP contribution in [0, 0.1) is 0 Å². The minimum atomic E-state index is -0.203. The van der Waals surface area contributed by atoms with Crippen LogP contribution >= 0.6 is 0 Å². The summed E-state index contributed by atoms with van der Waals surface area (Å²) >= 11 is 0. The zero-order valence-corrected chi connectivity index (χ0v) is 6.77. The van der Waals surface area contributed by atoms with Gasteiger partial charge in [0.1, 0.15) is 0 Å². The van der Waals surface area contributed by atoms with Crippen molar-refractivity contribution >= 4 is 23.0 Å². The zero-order chi connectivity index (χ0) is 8.84. The molecule has 0 saturated carbocycles. The highest BCUT2D eigenvalue weighted by Crippen LogP contribution is 2.22. The van der Waals surface area contributed by atoms with Crippen LogP contribution in [0.3, 0.4) is 0 Å². The molecule has 2 aromatic rings. The van der Waals surface area contributed by atoms with E-state index in [-0.39, 0.29) is 6.03 Å². The van der Waals surface area contributed by atoms with Gasteiger partial charge in [0.15, 0.2) is 0 Å². The summed E-state index contributed by atoms with van der Waals surface area (Å²) in [5.41, 5.74) is 0.889. The standard InChI is InChI=1S/C10H6N2O/c13-10-11-5-9-8-4-2-1-3-7(8)6-12(9)10/h1-6H. The Morgan fingerprint density at radius 1 is 1.23 bits per heavy atom. The lowest BCUT2D eigenvalue weighted by molar-refractivity contribution is 0.252. The second-order valence-electron chi connectivity index (χ2n) is 3.01. The quantitative estimate of drug-likeness (QED) is 0.595. The van der Waals surface area contributed by atoms with Crippen molar-refractivity contribution in [3.8, 4) is 0 Å². The number of benzene rings is 1. The normalized spacial score (nSPS) is 14.0. The lowest BCUT2D eigenvalue weighted by Gasteiger charge is -1.88. The number of aromatic nitrogens is 1. The van der Waals surface area contributed by atoms with E-state index in [1.165, 1.54) is 0 Å². The molecule has 0 radical (unpaired) electrons. The van der Waals surface area contributed by atoms with E-state index < -0.39 is 0 Å². The van der Waals surface area contributed by atoms with Crippen molar-refractivity contribution in [3.63, 3.8) is 0 Å². The second-order valence-corrected chi connectivity index (χ2v) is 3.01. The largest absolute Gasteiger partial charge is 0.352 e. The molecule has 1 amide bonds. The van der Waals surface area contributed by atoms with Gasteiger partial charge in [0.25, 0.3) is 0 Å². The molecule has 1 aromatic carbocycles. The molecule has 0 bridgehead atoms. The van der Waals surface area contributed by atoms with Crippen LogP contribution < -0.4 is 0 Å². The Morgan fingerprint density at radius 3 is 3.00 bits per heavy atom. The number of aliphatic imine (C=N–C) groups is 1. The van der Waals surface area contributed by atoms with Gasteiger partial charge in [0, 0.05) is 17.0 Å². The summed E-state index contributed by atoms with van der Waals surface area (Å²) in [6.45, 7) is 0. The second kappa shape index (κ2) is 2.07. The molecule has 0 aliphatic carbocycles. The molecule has 3 rings (SSSR count). The molecule has 62 valence electrons. The predicted octanol–water partition coefficient (Wildman–Crippen LogP) is 2.04. The van der Waals surface area contributed by atoms with E-state index >= 15 is 0 Å². The van der Waals surface area contributed by atoms with Crippen LogP contribution in [0.2, 0.25) is 0 Å². The Balaban J connectivity index is 2.51. The van der Waals surface area contributed by atoms with Gasteiger partial charge in [-0.3, -0.25) is 4.57 Å². The molecule has 1 aliphatic rings. The van der Waals surface area contributed by atoms with Crippen molar-refractivity contribution in [2.45, 2.75) is 0 Å². The third kappa shape index (κ3) is 0.731. The summed E-state index contributed by atoms with van der Waals surface area (Å²) in [6.07, 6.45) is 3.44. The first-order chi connectivity index (χ1) is 6.36. The van der Waals surface area contributed by atoms with Gasteiger partial charge in [-0.05, 0) is 0 Å². The van der Waals surface area contributed by atoms with Crippen molar-refractivity contribution < 1.29 is 4.79 Å². The van der Waals surface area contributed by atoms with Gasteiger partial charge in [-0.25, -0.2) is 4.79 Å². The predicted molar refractivity (Wildman–Crippen MR) is 50.3 cm³/mol. The Hall–Kier alpha value is -1.90. The molecule has 0 spiro atoms. The third-order valence-corrected chi connectivity index (χ3v) is 2.27.